The predicted molar refractivity (Wildman–Crippen MR) is 112 cm³/mol. The van der Waals surface area contributed by atoms with Crippen LogP contribution >= 0.6 is 0 Å². The number of nitrogens with zero attached hydrogens (tertiary/aromatic N) is 3. The van der Waals surface area contributed by atoms with E-state index in [1.54, 1.807) is 31.6 Å². The van der Waals surface area contributed by atoms with Crippen LogP contribution in [0.3, 0.4) is 0 Å². The summed E-state index contributed by atoms with van der Waals surface area (Å²) in [5.41, 5.74) is 1.65. The van der Waals surface area contributed by atoms with E-state index >= 15 is 0 Å². The molecule has 3 aromatic rings. The minimum atomic E-state index is -0.354. The second-order valence-corrected chi connectivity index (χ2v) is 7.64. The van der Waals surface area contributed by atoms with Gasteiger partial charge in [-0.1, -0.05) is 19.3 Å². The Bertz CT molecular complexity index is 1090. The molecule has 1 aliphatic carbocycles. The zero-order valence-electron chi connectivity index (χ0n) is 17.0. The Morgan fingerprint density at radius 3 is 2.60 bits per heavy atom. The van der Waals surface area contributed by atoms with Gasteiger partial charge in [0.05, 0.1) is 19.4 Å². The van der Waals surface area contributed by atoms with E-state index in [2.05, 4.69) is 10.4 Å². The van der Waals surface area contributed by atoms with Gasteiger partial charge in [-0.3, -0.25) is 9.59 Å². The molecule has 1 fully saturated rings. The Morgan fingerprint density at radius 2 is 1.93 bits per heavy atom. The van der Waals surface area contributed by atoms with E-state index in [-0.39, 0.29) is 36.2 Å². The maximum atomic E-state index is 13.1. The van der Waals surface area contributed by atoms with Gasteiger partial charge in [-0.2, -0.15) is 5.10 Å². The number of rotatable bonds is 6. The third-order valence-corrected chi connectivity index (χ3v) is 5.67. The lowest BCUT2D eigenvalue weighted by molar-refractivity contribution is -0.122. The lowest BCUT2D eigenvalue weighted by Gasteiger charge is -2.22. The number of carbonyl (C=O) groups is 1. The molecular weight excluding hydrogens is 384 g/mol. The van der Waals surface area contributed by atoms with Gasteiger partial charge < -0.3 is 19.7 Å². The van der Waals surface area contributed by atoms with Crippen LogP contribution in [-0.4, -0.2) is 38.3 Å². The highest BCUT2D eigenvalue weighted by Crippen LogP contribution is 2.26. The number of amides is 1. The molecule has 0 unspecified atom stereocenters. The van der Waals surface area contributed by atoms with Crippen molar-refractivity contribution in [3.05, 3.63) is 52.6 Å². The van der Waals surface area contributed by atoms with E-state index in [1.165, 1.54) is 15.5 Å². The molecule has 1 aliphatic rings. The van der Waals surface area contributed by atoms with Crippen LogP contribution in [0.4, 0.5) is 0 Å². The quantitative estimate of drug-likeness (QED) is 0.649. The zero-order chi connectivity index (χ0) is 21.1. The highest BCUT2D eigenvalue weighted by atomic mass is 16.5. The van der Waals surface area contributed by atoms with Crippen LogP contribution in [0.2, 0.25) is 0 Å². The Labute approximate surface area is 174 Å². The van der Waals surface area contributed by atoms with Gasteiger partial charge in [-0.15, -0.1) is 0 Å². The summed E-state index contributed by atoms with van der Waals surface area (Å²) in [6, 6.07) is 7.45. The first-order valence-electron chi connectivity index (χ1n) is 10.3. The van der Waals surface area contributed by atoms with E-state index in [0.29, 0.717) is 17.0 Å². The number of hydrogen-bond acceptors (Lipinski definition) is 5. The van der Waals surface area contributed by atoms with Gasteiger partial charge in [-0.05, 0) is 37.1 Å². The first-order chi connectivity index (χ1) is 14.6. The largest absolute Gasteiger partial charge is 0.497 e. The first-order valence-corrected chi connectivity index (χ1v) is 10.3. The number of carbonyl (C=O) groups excluding carboxylic acids is 1. The molecule has 1 saturated carbocycles. The van der Waals surface area contributed by atoms with Crippen molar-refractivity contribution in [3.63, 3.8) is 0 Å². The monoisotopic (exact) mass is 410 g/mol. The predicted octanol–water partition coefficient (Wildman–Crippen LogP) is 2.11. The van der Waals surface area contributed by atoms with Crippen LogP contribution < -0.4 is 15.6 Å². The maximum Gasteiger partial charge on any atom is 0.277 e. The topological polar surface area (TPSA) is 97.9 Å². The number of fused-ring (bicyclic) bond motifs is 1. The van der Waals surface area contributed by atoms with Crippen molar-refractivity contribution >= 4 is 11.4 Å². The van der Waals surface area contributed by atoms with Crippen molar-refractivity contribution in [1.82, 2.24) is 19.5 Å². The van der Waals surface area contributed by atoms with Gasteiger partial charge in [0, 0.05) is 29.6 Å². The number of methoxy groups -OCH3 is 1. The second kappa shape index (κ2) is 8.71. The van der Waals surface area contributed by atoms with Crippen LogP contribution in [0.15, 0.2) is 41.5 Å². The average Bonchev–Trinajstić information content (AvgIpc) is 3.16. The Hall–Kier alpha value is -3.13. The van der Waals surface area contributed by atoms with Gasteiger partial charge in [0.1, 0.15) is 17.8 Å². The summed E-state index contributed by atoms with van der Waals surface area (Å²) in [4.78, 5) is 25.5. The van der Waals surface area contributed by atoms with Gasteiger partial charge >= 0.3 is 0 Å². The van der Waals surface area contributed by atoms with Crippen LogP contribution in [-0.2, 0) is 17.9 Å². The lowest BCUT2D eigenvalue weighted by atomic mass is 9.95. The van der Waals surface area contributed by atoms with Crippen molar-refractivity contribution < 1.29 is 14.6 Å². The van der Waals surface area contributed by atoms with Crippen molar-refractivity contribution in [2.45, 2.75) is 51.3 Å². The molecule has 8 nitrogen and oxygen atoms in total. The lowest BCUT2D eigenvalue weighted by Crippen LogP contribution is -2.40. The number of benzene rings is 1. The minimum absolute atomic E-state index is 0.0558. The third kappa shape index (κ3) is 3.95. The highest BCUT2D eigenvalue weighted by molar-refractivity contribution is 5.76. The number of aliphatic hydroxyl groups excluding tert-OH is 1. The summed E-state index contributed by atoms with van der Waals surface area (Å²) >= 11 is 0. The molecule has 0 bridgehead atoms. The van der Waals surface area contributed by atoms with Gasteiger partial charge in [0.25, 0.3) is 5.56 Å². The summed E-state index contributed by atoms with van der Waals surface area (Å²) in [6.07, 6.45) is 8.63. The summed E-state index contributed by atoms with van der Waals surface area (Å²) in [6.45, 7) is -0.391. The maximum absolute atomic E-state index is 13.1. The summed E-state index contributed by atoms with van der Waals surface area (Å²) in [7, 11) is 1.59. The number of aromatic nitrogens is 3. The molecule has 4 rings (SSSR count). The SMILES string of the molecule is COc1ccc(-c2nn3ccn(CC(=O)NC4CCCCC4)c(=O)c3c2CO)cc1. The molecule has 2 heterocycles. The molecule has 0 radical (unpaired) electrons. The van der Waals surface area contributed by atoms with Crippen LogP contribution in [0.5, 0.6) is 5.75 Å². The average molecular weight is 410 g/mol. The molecule has 2 aromatic heterocycles. The fraction of sp³-hybridized carbons (Fsp3) is 0.409. The van der Waals surface area contributed by atoms with Crippen molar-refractivity contribution in [2.75, 3.05) is 7.11 Å². The zero-order valence-corrected chi connectivity index (χ0v) is 17.0. The number of aliphatic hydroxyl groups is 1. The molecule has 0 saturated heterocycles. The van der Waals surface area contributed by atoms with Crippen molar-refractivity contribution in [3.8, 4) is 17.0 Å². The summed E-state index contributed by atoms with van der Waals surface area (Å²) in [5, 5.41) is 17.5. The van der Waals surface area contributed by atoms with Gasteiger partial charge in [-0.25, -0.2) is 4.52 Å². The molecule has 8 heteroatoms. The normalized spacial score (nSPS) is 14.7. The van der Waals surface area contributed by atoms with Crippen LogP contribution in [0.1, 0.15) is 37.7 Å². The van der Waals surface area contributed by atoms with E-state index < -0.39 is 0 Å². The van der Waals surface area contributed by atoms with Gasteiger partial charge in [0.15, 0.2) is 0 Å². The van der Waals surface area contributed by atoms with Crippen LogP contribution in [0, 0.1) is 0 Å². The molecule has 2 N–H and O–H groups in total. The van der Waals surface area contributed by atoms with E-state index in [1.807, 2.05) is 12.1 Å². The highest BCUT2D eigenvalue weighted by Gasteiger charge is 2.20. The standard InChI is InChI=1S/C22H26N4O4/c1-30-17-9-7-15(8-10-17)20-18(14-27)21-22(29)25(11-12-26(21)24-20)13-19(28)23-16-5-3-2-4-6-16/h7-12,16,27H,2-6,13-14H2,1H3,(H,23,28). The number of nitrogens with one attached hydrogen (secondary N) is 1. The van der Waals surface area contributed by atoms with Crippen LogP contribution in [0.25, 0.3) is 16.8 Å². The first kappa shape index (κ1) is 20.2. The fourth-order valence-electron chi connectivity index (χ4n) is 4.08. The summed E-state index contributed by atoms with van der Waals surface area (Å²) in [5.74, 6) is 0.535. The molecule has 0 aliphatic heterocycles. The number of hydrogen-bond donors (Lipinski definition) is 2. The molecule has 0 atom stereocenters. The van der Waals surface area contributed by atoms with E-state index in [9.17, 15) is 14.7 Å². The molecule has 1 aromatic carbocycles. The Morgan fingerprint density at radius 1 is 1.20 bits per heavy atom. The third-order valence-electron chi connectivity index (χ3n) is 5.67. The minimum Gasteiger partial charge on any atom is -0.497 e. The molecule has 1 amide bonds. The van der Waals surface area contributed by atoms with Crippen molar-refractivity contribution in [2.24, 2.45) is 0 Å². The van der Waals surface area contributed by atoms with Crippen molar-refractivity contribution in [1.29, 1.82) is 0 Å². The van der Waals surface area contributed by atoms with E-state index in [4.69, 9.17) is 4.74 Å². The molecule has 158 valence electrons. The smallest absolute Gasteiger partial charge is 0.277 e. The second-order valence-electron chi connectivity index (χ2n) is 7.64. The molecule has 0 spiro atoms. The van der Waals surface area contributed by atoms with E-state index in [0.717, 1.165) is 31.2 Å². The number of ether oxygens (including phenoxy) is 1. The fourth-order valence-corrected chi connectivity index (χ4v) is 4.08. The Kier molecular flexibility index (Phi) is 5.85. The summed E-state index contributed by atoms with van der Waals surface area (Å²) < 4.78 is 8.01. The molecule has 30 heavy (non-hydrogen) atoms. The van der Waals surface area contributed by atoms with Gasteiger partial charge in [0.2, 0.25) is 5.91 Å². The molecular formula is C22H26N4O4. The Balaban J connectivity index is 1.64.